The molecule has 1 aliphatic rings. The lowest BCUT2D eigenvalue weighted by atomic mass is 10.3. The third kappa shape index (κ3) is 3.51. The van der Waals surface area contributed by atoms with Gasteiger partial charge in [-0.3, -0.25) is 10.3 Å². The lowest BCUT2D eigenvalue weighted by Crippen LogP contribution is -2.29. The molecular formula is C12H20N4S. The molecule has 0 aliphatic heterocycles. The molecule has 17 heavy (non-hydrogen) atoms. The Balaban J connectivity index is 1.95. The monoisotopic (exact) mass is 252 g/mol. The van der Waals surface area contributed by atoms with Crippen molar-refractivity contribution in [2.24, 2.45) is 5.73 Å². The molecule has 0 spiro atoms. The molecule has 0 atom stereocenters. The van der Waals surface area contributed by atoms with Crippen molar-refractivity contribution in [2.45, 2.75) is 45.7 Å². The quantitative estimate of drug-likeness (QED) is 0.601. The highest BCUT2D eigenvalue weighted by atomic mass is 32.1. The molecule has 1 aliphatic carbocycles. The van der Waals surface area contributed by atoms with E-state index in [1.165, 1.54) is 22.7 Å². The summed E-state index contributed by atoms with van der Waals surface area (Å²) in [5.41, 5.74) is 6.57. The molecule has 0 aromatic carbocycles. The number of hydrogen-bond acceptors (Lipinski definition) is 4. The number of rotatable bonds is 6. The summed E-state index contributed by atoms with van der Waals surface area (Å²) in [5, 5.41) is 8.50. The predicted octanol–water partition coefficient (Wildman–Crippen LogP) is 2.05. The van der Waals surface area contributed by atoms with Gasteiger partial charge < -0.3 is 5.73 Å². The van der Waals surface area contributed by atoms with Crippen LogP contribution in [0.3, 0.4) is 0 Å². The average Bonchev–Trinajstić information content (AvgIpc) is 3.02. The minimum absolute atomic E-state index is 0.280. The predicted molar refractivity (Wildman–Crippen MR) is 71.6 cm³/mol. The molecule has 2 rings (SSSR count). The summed E-state index contributed by atoms with van der Waals surface area (Å²) in [6.07, 6.45) is 3.22. The fraction of sp³-hybridized carbons (Fsp3) is 0.667. The van der Waals surface area contributed by atoms with E-state index in [0.29, 0.717) is 12.5 Å². The van der Waals surface area contributed by atoms with Crippen LogP contribution in [-0.2, 0) is 6.54 Å². The maximum atomic E-state index is 7.31. The zero-order valence-electron chi connectivity index (χ0n) is 10.5. The van der Waals surface area contributed by atoms with Crippen molar-refractivity contribution in [3.63, 3.8) is 0 Å². The molecule has 1 heterocycles. The van der Waals surface area contributed by atoms with Gasteiger partial charge in [-0.15, -0.1) is 11.3 Å². The van der Waals surface area contributed by atoms with Gasteiger partial charge in [0.05, 0.1) is 18.1 Å². The summed E-state index contributed by atoms with van der Waals surface area (Å²) in [5.74, 6) is 0.280. The van der Waals surface area contributed by atoms with Crippen molar-refractivity contribution >= 4 is 17.2 Å². The Labute approximate surface area is 106 Å². The van der Waals surface area contributed by atoms with Crippen LogP contribution >= 0.6 is 11.3 Å². The molecule has 1 aromatic heterocycles. The summed E-state index contributed by atoms with van der Waals surface area (Å²) in [4.78, 5) is 8.30. The lowest BCUT2D eigenvalue weighted by molar-refractivity contribution is 0.261. The van der Waals surface area contributed by atoms with E-state index >= 15 is 0 Å². The fourth-order valence-electron chi connectivity index (χ4n) is 1.88. The van der Waals surface area contributed by atoms with Gasteiger partial charge in [-0.1, -0.05) is 0 Å². The van der Waals surface area contributed by atoms with Gasteiger partial charge in [-0.25, -0.2) is 4.98 Å². The molecule has 1 fully saturated rings. The van der Waals surface area contributed by atoms with Crippen LogP contribution in [0.15, 0.2) is 0 Å². The Morgan fingerprint density at radius 3 is 2.71 bits per heavy atom. The summed E-state index contributed by atoms with van der Waals surface area (Å²) < 4.78 is 0. The second-order valence-electron chi connectivity index (χ2n) is 4.73. The Kier molecular flexibility index (Phi) is 3.79. The molecule has 3 N–H and O–H groups in total. The largest absolute Gasteiger partial charge is 0.388 e. The van der Waals surface area contributed by atoms with E-state index in [2.05, 4.69) is 23.7 Å². The molecule has 1 saturated carbocycles. The van der Waals surface area contributed by atoms with Crippen molar-refractivity contribution < 1.29 is 0 Å². The summed E-state index contributed by atoms with van der Waals surface area (Å²) >= 11 is 1.78. The van der Waals surface area contributed by atoms with Gasteiger partial charge in [0.25, 0.3) is 0 Å². The van der Waals surface area contributed by atoms with Crippen LogP contribution in [-0.4, -0.2) is 28.3 Å². The van der Waals surface area contributed by atoms with E-state index in [4.69, 9.17) is 11.1 Å². The first kappa shape index (κ1) is 12.5. The summed E-state index contributed by atoms with van der Waals surface area (Å²) in [7, 11) is 0. The van der Waals surface area contributed by atoms with Gasteiger partial charge in [0.15, 0.2) is 0 Å². The summed E-state index contributed by atoms with van der Waals surface area (Å²) in [6.45, 7) is 5.98. The molecule has 0 amide bonds. The minimum Gasteiger partial charge on any atom is -0.388 e. The molecule has 4 nitrogen and oxygen atoms in total. The third-order valence-electron chi connectivity index (χ3n) is 3.14. The number of nitrogens with two attached hydrogens (primary N) is 1. The van der Waals surface area contributed by atoms with E-state index in [1.807, 2.05) is 0 Å². The molecule has 0 bridgehead atoms. The van der Waals surface area contributed by atoms with Crippen LogP contribution in [0.1, 0.15) is 34.8 Å². The van der Waals surface area contributed by atoms with Crippen molar-refractivity contribution in [1.29, 1.82) is 5.41 Å². The second-order valence-corrected chi connectivity index (χ2v) is 6.01. The van der Waals surface area contributed by atoms with Crippen LogP contribution in [0.25, 0.3) is 0 Å². The van der Waals surface area contributed by atoms with E-state index < -0.39 is 0 Å². The van der Waals surface area contributed by atoms with Crippen molar-refractivity contribution in [3.05, 3.63) is 15.6 Å². The van der Waals surface area contributed by atoms with Crippen LogP contribution in [0.2, 0.25) is 0 Å². The first-order chi connectivity index (χ1) is 8.06. The van der Waals surface area contributed by atoms with Crippen molar-refractivity contribution in [1.82, 2.24) is 9.88 Å². The highest BCUT2D eigenvalue weighted by Crippen LogP contribution is 2.29. The van der Waals surface area contributed by atoms with E-state index in [9.17, 15) is 0 Å². The highest BCUT2D eigenvalue weighted by Gasteiger charge is 2.29. The second kappa shape index (κ2) is 5.14. The normalized spacial score (nSPS) is 15.5. The Morgan fingerprint density at radius 1 is 1.53 bits per heavy atom. The molecule has 0 radical (unpaired) electrons. The minimum atomic E-state index is 0.280. The molecule has 1 aromatic rings. The summed E-state index contributed by atoms with van der Waals surface area (Å²) in [6, 6.07) is 0.693. The number of hydrogen-bond donors (Lipinski definition) is 2. The Morgan fingerprint density at radius 2 is 2.24 bits per heavy atom. The maximum absolute atomic E-state index is 7.31. The number of nitrogens with one attached hydrogen (secondary N) is 1. The first-order valence-corrected chi connectivity index (χ1v) is 6.87. The smallest absolute Gasteiger partial charge is 0.107 e. The van der Waals surface area contributed by atoms with Gasteiger partial charge in [-0.05, 0) is 26.7 Å². The molecular weight excluding hydrogens is 232 g/mol. The molecule has 0 saturated heterocycles. The highest BCUT2D eigenvalue weighted by molar-refractivity contribution is 7.11. The van der Waals surface area contributed by atoms with Crippen molar-refractivity contribution in [3.8, 4) is 0 Å². The zero-order valence-corrected chi connectivity index (χ0v) is 11.3. The average molecular weight is 252 g/mol. The standard InChI is InChI=1S/C12H20N4S/c1-8-9(2)17-12(15-8)7-16(10-3-4-10)6-5-11(13)14/h10H,3-7H2,1-2H3,(H3,13,14). The number of aryl methyl sites for hydroxylation is 2. The number of amidine groups is 1. The number of nitrogens with zero attached hydrogens (tertiary/aromatic N) is 2. The van der Waals surface area contributed by atoms with E-state index in [0.717, 1.165) is 18.8 Å². The maximum Gasteiger partial charge on any atom is 0.107 e. The Bertz CT molecular complexity index is 389. The molecule has 0 unspecified atom stereocenters. The van der Waals surface area contributed by atoms with Gasteiger partial charge in [0, 0.05) is 23.9 Å². The van der Waals surface area contributed by atoms with Crippen LogP contribution in [0.4, 0.5) is 0 Å². The van der Waals surface area contributed by atoms with E-state index in [1.54, 1.807) is 11.3 Å². The fourth-order valence-corrected chi connectivity index (χ4v) is 2.83. The third-order valence-corrected chi connectivity index (χ3v) is 4.20. The van der Waals surface area contributed by atoms with Crippen molar-refractivity contribution in [2.75, 3.05) is 6.54 Å². The number of aromatic nitrogens is 1. The molecule has 94 valence electrons. The number of thiazole rings is 1. The van der Waals surface area contributed by atoms with Gasteiger partial charge in [0.1, 0.15) is 5.01 Å². The SMILES string of the molecule is Cc1nc(CN(CCC(=N)N)C2CC2)sc1C. The van der Waals surface area contributed by atoms with Crippen LogP contribution < -0.4 is 5.73 Å². The van der Waals surface area contributed by atoms with Gasteiger partial charge >= 0.3 is 0 Å². The Hall–Kier alpha value is -0.940. The van der Waals surface area contributed by atoms with Gasteiger partial charge in [0.2, 0.25) is 0 Å². The topological polar surface area (TPSA) is 66.0 Å². The lowest BCUT2D eigenvalue weighted by Gasteiger charge is -2.20. The van der Waals surface area contributed by atoms with E-state index in [-0.39, 0.29) is 5.84 Å². The first-order valence-electron chi connectivity index (χ1n) is 6.06. The zero-order chi connectivity index (χ0) is 12.4. The van der Waals surface area contributed by atoms with Gasteiger partial charge in [-0.2, -0.15) is 0 Å². The molecule has 5 heteroatoms. The van der Waals surface area contributed by atoms with Crippen LogP contribution in [0.5, 0.6) is 0 Å². The van der Waals surface area contributed by atoms with Crippen LogP contribution in [0, 0.1) is 19.3 Å².